The number of aromatic nitrogens is 2. The maximum atomic E-state index is 12.9. The van der Waals surface area contributed by atoms with Gasteiger partial charge in [-0.1, -0.05) is 0 Å². The van der Waals surface area contributed by atoms with Crippen molar-refractivity contribution in [2.45, 2.75) is 30.8 Å². The molecule has 8 heteroatoms. The van der Waals surface area contributed by atoms with Crippen LogP contribution in [0.5, 0.6) is 0 Å². The topological polar surface area (TPSA) is 78.1 Å². The van der Waals surface area contributed by atoms with Gasteiger partial charge in [-0.05, 0) is 26.0 Å². The van der Waals surface area contributed by atoms with Crippen molar-refractivity contribution in [1.82, 2.24) is 19.6 Å². The average Bonchev–Trinajstić information content (AvgIpc) is 2.86. The Hall–Kier alpha value is -1.15. The molecule has 1 aliphatic heterocycles. The van der Waals surface area contributed by atoms with Crippen molar-refractivity contribution in [3.8, 4) is 0 Å². The van der Waals surface area contributed by atoms with E-state index in [-0.39, 0.29) is 24.5 Å². The van der Waals surface area contributed by atoms with Gasteiger partial charge in [0.2, 0.25) is 10.0 Å². The lowest BCUT2D eigenvalue weighted by molar-refractivity contribution is 0.245. The van der Waals surface area contributed by atoms with Gasteiger partial charge in [-0.2, -0.15) is 4.31 Å². The van der Waals surface area contributed by atoms with E-state index in [2.05, 4.69) is 15.3 Å². The van der Waals surface area contributed by atoms with Crippen LogP contribution in [0.2, 0.25) is 0 Å². The first kappa shape index (κ1) is 16.2. The summed E-state index contributed by atoms with van der Waals surface area (Å²) in [5.41, 5.74) is 0.599. The standard InChI is InChI=1S/C13H18N4O2S.ClH/c1-9-8-17(10(2)6-15-9)20(18,19)12-7-16-13-11(12)4-3-5-14-13;/h3-5,7,9-10,15H,6,8H2,1-2H3,(H,14,16);1H. The number of fused-ring (bicyclic) bond motifs is 1. The molecule has 0 bridgehead atoms. The molecule has 2 unspecified atom stereocenters. The Labute approximate surface area is 130 Å². The molecule has 2 atom stereocenters. The van der Waals surface area contributed by atoms with Crippen molar-refractivity contribution in [3.05, 3.63) is 24.5 Å². The zero-order chi connectivity index (χ0) is 14.3. The van der Waals surface area contributed by atoms with Crippen molar-refractivity contribution in [1.29, 1.82) is 0 Å². The van der Waals surface area contributed by atoms with E-state index in [0.717, 1.165) is 0 Å². The van der Waals surface area contributed by atoms with E-state index in [1.165, 1.54) is 6.20 Å². The molecule has 1 saturated heterocycles. The molecule has 1 fully saturated rings. The summed E-state index contributed by atoms with van der Waals surface area (Å²) in [7, 11) is -3.51. The number of piperazine rings is 1. The van der Waals surface area contributed by atoms with Crippen LogP contribution in [0.4, 0.5) is 0 Å². The second-order valence-corrected chi connectivity index (χ2v) is 7.14. The highest BCUT2D eigenvalue weighted by molar-refractivity contribution is 7.89. The third-order valence-electron chi connectivity index (χ3n) is 3.71. The molecule has 0 aliphatic carbocycles. The number of pyridine rings is 1. The predicted octanol–water partition coefficient (Wildman–Crippen LogP) is 1.36. The first-order valence-electron chi connectivity index (χ1n) is 6.67. The molecule has 0 spiro atoms. The predicted molar refractivity (Wildman–Crippen MR) is 84.2 cm³/mol. The second kappa shape index (κ2) is 5.92. The molecule has 0 aromatic carbocycles. The molecule has 2 N–H and O–H groups in total. The summed E-state index contributed by atoms with van der Waals surface area (Å²) >= 11 is 0. The highest BCUT2D eigenvalue weighted by Crippen LogP contribution is 2.26. The number of sulfonamides is 1. The van der Waals surface area contributed by atoms with Crippen LogP contribution >= 0.6 is 12.4 Å². The molecule has 0 saturated carbocycles. The molecule has 116 valence electrons. The molecule has 3 heterocycles. The summed E-state index contributed by atoms with van der Waals surface area (Å²) in [6, 6.07) is 3.63. The number of hydrogen-bond acceptors (Lipinski definition) is 4. The Morgan fingerprint density at radius 2 is 2.14 bits per heavy atom. The van der Waals surface area contributed by atoms with Crippen molar-refractivity contribution in [2.75, 3.05) is 13.1 Å². The zero-order valence-electron chi connectivity index (χ0n) is 11.9. The lowest BCUT2D eigenvalue weighted by Gasteiger charge is -2.36. The maximum Gasteiger partial charge on any atom is 0.245 e. The van der Waals surface area contributed by atoms with Crippen LogP contribution in [0.15, 0.2) is 29.4 Å². The summed E-state index contributed by atoms with van der Waals surface area (Å²) in [5, 5.41) is 3.93. The van der Waals surface area contributed by atoms with Gasteiger partial charge in [0, 0.05) is 43.0 Å². The van der Waals surface area contributed by atoms with Gasteiger partial charge in [-0.3, -0.25) is 0 Å². The van der Waals surface area contributed by atoms with Gasteiger partial charge in [0.25, 0.3) is 0 Å². The fourth-order valence-electron chi connectivity index (χ4n) is 2.59. The van der Waals surface area contributed by atoms with E-state index >= 15 is 0 Å². The average molecular weight is 331 g/mol. The molecule has 3 rings (SSSR count). The lowest BCUT2D eigenvalue weighted by Crippen LogP contribution is -2.56. The first-order valence-corrected chi connectivity index (χ1v) is 8.11. The van der Waals surface area contributed by atoms with Crippen molar-refractivity contribution >= 4 is 33.5 Å². The van der Waals surface area contributed by atoms with E-state index < -0.39 is 10.0 Å². The van der Waals surface area contributed by atoms with E-state index in [1.807, 2.05) is 13.8 Å². The summed E-state index contributed by atoms with van der Waals surface area (Å²) in [6.07, 6.45) is 3.18. The minimum Gasteiger partial charge on any atom is -0.345 e. The molecular weight excluding hydrogens is 312 g/mol. The number of rotatable bonds is 2. The second-order valence-electron chi connectivity index (χ2n) is 5.29. The number of hydrogen-bond donors (Lipinski definition) is 2. The number of nitrogens with zero attached hydrogens (tertiary/aromatic N) is 2. The molecule has 2 aromatic rings. The zero-order valence-corrected chi connectivity index (χ0v) is 13.5. The van der Waals surface area contributed by atoms with Gasteiger partial charge in [0.15, 0.2) is 0 Å². The molecule has 6 nitrogen and oxygen atoms in total. The number of aromatic amines is 1. The van der Waals surface area contributed by atoms with Crippen molar-refractivity contribution in [2.24, 2.45) is 0 Å². The Balaban J connectivity index is 0.00000161. The minimum absolute atomic E-state index is 0. The fraction of sp³-hybridized carbons (Fsp3) is 0.462. The van der Waals surface area contributed by atoms with Gasteiger partial charge in [0.05, 0.1) is 0 Å². The fourth-order valence-corrected chi connectivity index (χ4v) is 4.46. The third-order valence-corrected chi connectivity index (χ3v) is 5.73. The highest BCUT2D eigenvalue weighted by Gasteiger charge is 2.34. The third kappa shape index (κ3) is 2.78. The van der Waals surface area contributed by atoms with E-state index in [0.29, 0.717) is 29.0 Å². The van der Waals surface area contributed by atoms with E-state index in [4.69, 9.17) is 0 Å². The van der Waals surface area contributed by atoms with Crippen LogP contribution < -0.4 is 5.32 Å². The number of H-pyrrole nitrogens is 1. The first-order chi connectivity index (χ1) is 9.50. The van der Waals surface area contributed by atoms with Gasteiger partial charge in [-0.15, -0.1) is 12.4 Å². The minimum atomic E-state index is -3.51. The smallest absolute Gasteiger partial charge is 0.245 e. The number of halogens is 1. The summed E-state index contributed by atoms with van der Waals surface area (Å²) in [4.78, 5) is 7.38. The van der Waals surface area contributed by atoms with Gasteiger partial charge in [-0.25, -0.2) is 13.4 Å². The quantitative estimate of drug-likeness (QED) is 0.871. The van der Waals surface area contributed by atoms with Crippen LogP contribution in [-0.4, -0.2) is 47.9 Å². The lowest BCUT2D eigenvalue weighted by atomic mass is 10.2. The highest BCUT2D eigenvalue weighted by atomic mass is 35.5. The number of nitrogens with one attached hydrogen (secondary N) is 2. The molecule has 1 aliphatic rings. The van der Waals surface area contributed by atoms with Crippen LogP contribution in [0.3, 0.4) is 0 Å². The van der Waals surface area contributed by atoms with Crippen LogP contribution in [-0.2, 0) is 10.0 Å². The van der Waals surface area contributed by atoms with Crippen LogP contribution in [0.1, 0.15) is 13.8 Å². The van der Waals surface area contributed by atoms with Crippen molar-refractivity contribution < 1.29 is 8.42 Å². The van der Waals surface area contributed by atoms with Gasteiger partial charge >= 0.3 is 0 Å². The Bertz CT molecular complexity index is 731. The van der Waals surface area contributed by atoms with Crippen LogP contribution in [0.25, 0.3) is 11.0 Å². The Morgan fingerprint density at radius 3 is 2.90 bits per heavy atom. The van der Waals surface area contributed by atoms with Gasteiger partial charge < -0.3 is 10.3 Å². The Kier molecular flexibility index (Phi) is 4.57. The SMILES string of the molecule is CC1CN(S(=O)(=O)c2c[nH]c3ncccc23)C(C)CN1.Cl. The van der Waals surface area contributed by atoms with E-state index in [1.54, 1.807) is 22.6 Å². The van der Waals surface area contributed by atoms with Crippen molar-refractivity contribution in [3.63, 3.8) is 0 Å². The molecule has 2 aromatic heterocycles. The summed E-state index contributed by atoms with van der Waals surface area (Å²) in [6.45, 7) is 5.06. The molecule has 21 heavy (non-hydrogen) atoms. The molecular formula is C13H19ClN4O2S. The maximum absolute atomic E-state index is 12.9. The molecule has 0 amide bonds. The monoisotopic (exact) mass is 330 g/mol. The summed E-state index contributed by atoms with van der Waals surface area (Å²) < 4.78 is 27.3. The Morgan fingerprint density at radius 1 is 1.38 bits per heavy atom. The molecule has 0 radical (unpaired) electrons. The summed E-state index contributed by atoms with van der Waals surface area (Å²) in [5.74, 6) is 0. The largest absolute Gasteiger partial charge is 0.345 e. The van der Waals surface area contributed by atoms with Crippen LogP contribution in [0, 0.1) is 0 Å². The van der Waals surface area contributed by atoms with E-state index in [9.17, 15) is 8.42 Å². The van der Waals surface area contributed by atoms with Gasteiger partial charge in [0.1, 0.15) is 10.5 Å². The normalized spacial score (nSPS) is 23.9.